The van der Waals surface area contributed by atoms with Crippen molar-refractivity contribution in [3.8, 4) is 11.5 Å². The van der Waals surface area contributed by atoms with Crippen LogP contribution in [-0.4, -0.2) is 46.4 Å². The summed E-state index contributed by atoms with van der Waals surface area (Å²) < 4.78 is 16.7. The lowest BCUT2D eigenvalue weighted by atomic mass is 10.1. The average molecular weight is 499 g/mol. The number of aliphatic imine (C=N–C) groups is 1. The standard InChI is InChI=1S/C21H29N3O3.HI/c1-16(27-19-12-8-11-18(13-19)25-3)14-23-21(22-2)24-15-20(26-4)17-9-6-5-7-10-17;/h5-13,16,20H,14-15H2,1-4H3,(H2,22,23,24);1H. The molecule has 2 unspecified atom stereocenters. The third kappa shape index (κ3) is 7.93. The van der Waals surface area contributed by atoms with E-state index in [2.05, 4.69) is 27.8 Å². The lowest BCUT2D eigenvalue weighted by Crippen LogP contribution is -2.43. The number of guanidine groups is 1. The van der Waals surface area contributed by atoms with Crippen molar-refractivity contribution in [1.29, 1.82) is 0 Å². The maximum Gasteiger partial charge on any atom is 0.191 e. The number of methoxy groups -OCH3 is 2. The molecule has 0 aliphatic heterocycles. The molecule has 0 bridgehead atoms. The Labute approximate surface area is 184 Å². The molecule has 2 atom stereocenters. The highest BCUT2D eigenvalue weighted by Crippen LogP contribution is 2.19. The van der Waals surface area contributed by atoms with Crippen molar-refractivity contribution in [3.05, 3.63) is 60.2 Å². The Bertz CT molecular complexity index is 713. The molecular formula is C21H30IN3O3. The summed E-state index contributed by atoms with van der Waals surface area (Å²) in [6, 6.07) is 17.7. The van der Waals surface area contributed by atoms with Crippen LogP contribution >= 0.6 is 24.0 Å². The predicted molar refractivity (Wildman–Crippen MR) is 124 cm³/mol. The Morgan fingerprint density at radius 3 is 2.29 bits per heavy atom. The molecule has 0 aromatic heterocycles. The molecule has 0 amide bonds. The van der Waals surface area contributed by atoms with Crippen LogP contribution < -0.4 is 20.1 Å². The minimum atomic E-state index is -0.0461. The van der Waals surface area contributed by atoms with E-state index in [0.717, 1.165) is 17.1 Å². The zero-order valence-corrected chi connectivity index (χ0v) is 19.2. The van der Waals surface area contributed by atoms with E-state index in [9.17, 15) is 0 Å². The third-order valence-electron chi connectivity index (χ3n) is 4.07. The van der Waals surface area contributed by atoms with Crippen LogP contribution in [0.1, 0.15) is 18.6 Å². The Morgan fingerprint density at radius 2 is 1.64 bits per heavy atom. The van der Waals surface area contributed by atoms with Gasteiger partial charge in [-0.25, -0.2) is 0 Å². The average Bonchev–Trinajstić information content (AvgIpc) is 2.71. The van der Waals surface area contributed by atoms with E-state index in [4.69, 9.17) is 14.2 Å². The van der Waals surface area contributed by atoms with E-state index in [1.165, 1.54) is 0 Å². The third-order valence-corrected chi connectivity index (χ3v) is 4.07. The Kier molecular flexibility index (Phi) is 11.4. The van der Waals surface area contributed by atoms with Gasteiger partial charge in [-0.15, -0.1) is 24.0 Å². The van der Waals surface area contributed by atoms with Crippen LogP contribution in [0.25, 0.3) is 0 Å². The summed E-state index contributed by atoms with van der Waals surface area (Å²) in [5, 5.41) is 6.57. The maximum atomic E-state index is 5.92. The smallest absolute Gasteiger partial charge is 0.191 e. The SMILES string of the molecule is CN=C(NCC(C)Oc1cccc(OC)c1)NCC(OC)c1ccccc1.I. The molecule has 6 nitrogen and oxygen atoms in total. The second-order valence-corrected chi connectivity index (χ2v) is 6.08. The first-order chi connectivity index (χ1) is 13.2. The van der Waals surface area contributed by atoms with Gasteiger partial charge >= 0.3 is 0 Å². The predicted octanol–water partition coefficient (Wildman–Crippen LogP) is 3.63. The highest BCUT2D eigenvalue weighted by atomic mass is 127. The molecule has 0 fully saturated rings. The van der Waals surface area contributed by atoms with Crippen molar-refractivity contribution in [1.82, 2.24) is 10.6 Å². The van der Waals surface area contributed by atoms with E-state index in [0.29, 0.717) is 19.0 Å². The summed E-state index contributed by atoms with van der Waals surface area (Å²) in [5.41, 5.74) is 1.12. The molecule has 2 aromatic carbocycles. The zero-order chi connectivity index (χ0) is 19.5. The molecule has 28 heavy (non-hydrogen) atoms. The van der Waals surface area contributed by atoms with E-state index >= 15 is 0 Å². The van der Waals surface area contributed by atoms with Gasteiger partial charge < -0.3 is 24.8 Å². The molecule has 0 saturated heterocycles. The summed E-state index contributed by atoms with van der Waals surface area (Å²) in [4.78, 5) is 4.26. The van der Waals surface area contributed by atoms with Crippen LogP contribution in [0.2, 0.25) is 0 Å². The fourth-order valence-corrected chi connectivity index (χ4v) is 2.60. The number of halogens is 1. The summed E-state index contributed by atoms with van der Waals surface area (Å²) >= 11 is 0. The van der Waals surface area contributed by atoms with Crippen molar-refractivity contribution in [2.45, 2.75) is 19.1 Å². The fraction of sp³-hybridized carbons (Fsp3) is 0.381. The van der Waals surface area contributed by atoms with E-state index in [1.54, 1.807) is 21.3 Å². The van der Waals surface area contributed by atoms with Gasteiger partial charge in [0.05, 0.1) is 19.8 Å². The highest BCUT2D eigenvalue weighted by Gasteiger charge is 2.11. The maximum absolute atomic E-state index is 5.92. The van der Waals surface area contributed by atoms with Gasteiger partial charge in [0.25, 0.3) is 0 Å². The van der Waals surface area contributed by atoms with E-state index < -0.39 is 0 Å². The molecule has 2 aromatic rings. The number of nitrogens with zero attached hydrogens (tertiary/aromatic N) is 1. The van der Waals surface area contributed by atoms with Crippen molar-refractivity contribution in [2.75, 3.05) is 34.4 Å². The van der Waals surface area contributed by atoms with Gasteiger partial charge in [-0.1, -0.05) is 36.4 Å². The number of hydrogen-bond donors (Lipinski definition) is 2. The van der Waals surface area contributed by atoms with Gasteiger partial charge in [0.2, 0.25) is 0 Å². The Balaban J connectivity index is 0.00000392. The van der Waals surface area contributed by atoms with Crippen molar-refractivity contribution >= 4 is 29.9 Å². The molecule has 0 saturated carbocycles. The number of ether oxygens (including phenoxy) is 3. The molecular weight excluding hydrogens is 469 g/mol. The first kappa shape index (κ1) is 24.0. The highest BCUT2D eigenvalue weighted by molar-refractivity contribution is 14.0. The summed E-state index contributed by atoms with van der Waals surface area (Å²) in [6.45, 7) is 3.23. The molecule has 2 rings (SSSR count). The van der Waals surface area contributed by atoms with Crippen LogP contribution in [0.4, 0.5) is 0 Å². The molecule has 0 aliphatic rings. The lowest BCUT2D eigenvalue weighted by Gasteiger charge is -2.20. The van der Waals surface area contributed by atoms with Gasteiger partial charge in [-0.3, -0.25) is 4.99 Å². The summed E-state index contributed by atoms with van der Waals surface area (Å²) in [5.74, 6) is 2.25. The number of rotatable bonds is 9. The topological polar surface area (TPSA) is 64.1 Å². The Morgan fingerprint density at radius 1 is 0.964 bits per heavy atom. The van der Waals surface area contributed by atoms with Crippen molar-refractivity contribution in [3.63, 3.8) is 0 Å². The second-order valence-electron chi connectivity index (χ2n) is 6.08. The fourth-order valence-electron chi connectivity index (χ4n) is 2.60. The lowest BCUT2D eigenvalue weighted by molar-refractivity contribution is 0.106. The van der Waals surface area contributed by atoms with E-state index in [-0.39, 0.29) is 36.2 Å². The van der Waals surface area contributed by atoms with Crippen LogP contribution in [0.3, 0.4) is 0 Å². The summed E-state index contributed by atoms with van der Waals surface area (Å²) in [7, 11) is 5.09. The Hall–Kier alpha value is -2.00. The molecule has 154 valence electrons. The van der Waals surface area contributed by atoms with Crippen LogP contribution in [0.15, 0.2) is 59.6 Å². The quantitative estimate of drug-likeness (QED) is 0.314. The number of benzene rings is 2. The first-order valence-electron chi connectivity index (χ1n) is 8.99. The van der Waals surface area contributed by atoms with Crippen molar-refractivity contribution in [2.24, 2.45) is 4.99 Å². The van der Waals surface area contributed by atoms with Crippen LogP contribution in [0.5, 0.6) is 11.5 Å². The number of hydrogen-bond acceptors (Lipinski definition) is 4. The zero-order valence-electron chi connectivity index (χ0n) is 16.8. The second kappa shape index (κ2) is 13.2. The van der Waals surface area contributed by atoms with Crippen LogP contribution in [-0.2, 0) is 4.74 Å². The monoisotopic (exact) mass is 499 g/mol. The molecule has 0 radical (unpaired) electrons. The molecule has 2 N–H and O–H groups in total. The van der Waals surface area contributed by atoms with Crippen molar-refractivity contribution < 1.29 is 14.2 Å². The van der Waals surface area contributed by atoms with E-state index in [1.807, 2.05) is 49.4 Å². The molecule has 0 spiro atoms. The van der Waals surface area contributed by atoms with Gasteiger partial charge in [0.15, 0.2) is 5.96 Å². The minimum Gasteiger partial charge on any atom is -0.497 e. The first-order valence-corrected chi connectivity index (χ1v) is 8.99. The van der Waals surface area contributed by atoms with Gasteiger partial charge in [0, 0.05) is 26.8 Å². The molecule has 0 aliphatic carbocycles. The van der Waals surface area contributed by atoms with Gasteiger partial charge in [-0.05, 0) is 24.6 Å². The molecule has 0 heterocycles. The largest absolute Gasteiger partial charge is 0.497 e. The van der Waals surface area contributed by atoms with Crippen LogP contribution in [0, 0.1) is 0 Å². The van der Waals surface area contributed by atoms with Gasteiger partial charge in [-0.2, -0.15) is 0 Å². The van der Waals surface area contributed by atoms with Gasteiger partial charge in [0.1, 0.15) is 17.6 Å². The number of nitrogens with one attached hydrogen (secondary N) is 2. The minimum absolute atomic E-state index is 0. The molecule has 7 heteroatoms. The normalized spacial score (nSPS) is 13.1. The summed E-state index contributed by atoms with van der Waals surface area (Å²) in [6.07, 6.45) is -0.0850.